The molecule has 0 aliphatic heterocycles. The van der Waals surface area contributed by atoms with E-state index in [-0.39, 0.29) is 22.3 Å². The van der Waals surface area contributed by atoms with Crippen molar-refractivity contribution in [1.29, 1.82) is 0 Å². The maximum Gasteiger partial charge on any atom is 0.284 e. The fraction of sp³-hybridized carbons (Fsp3) is 0.263. The van der Waals surface area contributed by atoms with E-state index in [1.807, 2.05) is 61.5 Å². The van der Waals surface area contributed by atoms with E-state index in [2.05, 4.69) is 10.2 Å². The van der Waals surface area contributed by atoms with Crippen molar-refractivity contribution in [1.82, 2.24) is 10.2 Å². The molecule has 0 radical (unpaired) electrons. The van der Waals surface area contributed by atoms with Crippen LogP contribution in [0.4, 0.5) is 0 Å². The molecular weight excluding hydrogens is 368 g/mol. The van der Waals surface area contributed by atoms with Gasteiger partial charge in [-0.2, -0.15) is 0 Å². The second kappa shape index (κ2) is 7.97. The first-order chi connectivity index (χ1) is 12.4. The largest absolute Gasteiger partial charge is 0.414 e. The SMILES string of the molecule is Cc1ccc(C(Cc2n[nH]c(=S)o2)CS(=O)(=O)Cc2ccccc2)cc1. The van der Waals surface area contributed by atoms with Crippen molar-refractivity contribution >= 4 is 22.1 Å². The molecule has 0 aliphatic rings. The molecule has 136 valence electrons. The van der Waals surface area contributed by atoms with Gasteiger partial charge in [0.25, 0.3) is 4.84 Å². The molecule has 1 unspecified atom stereocenters. The summed E-state index contributed by atoms with van der Waals surface area (Å²) < 4.78 is 30.9. The Kier molecular flexibility index (Phi) is 5.68. The van der Waals surface area contributed by atoms with Gasteiger partial charge in [-0.3, -0.25) is 0 Å². The molecule has 0 bridgehead atoms. The molecule has 0 fully saturated rings. The predicted octanol–water partition coefficient (Wildman–Crippen LogP) is 3.98. The predicted molar refractivity (Wildman–Crippen MR) is 103 cm³/mol. The van der Waals surface area contributed by atoms with E-state index in [0.717, 1.165) is 16.7 Å². The normalized spacial score (nSPS) is 12.8. The van der Waals surface area contributed by atoms with Gasteiger partial charge in [0.1, 0.15) is 0 Å². The van der Waals surface area contributed by atoms with Crippen molar-refractivity contribution in [3.8, 4) is 0 Å². The van der Waals surface area contributed by atoms with E-state index in [0.29, 0.717) is 12.3 Å². The number of aryl methyl sites for hydroxylation is 1. The molecular formula is C19H20N2O3S2. The number of nitrogens with zero attached hydrogens (tertiary/aromatic N) is 1. The van der Waals surface area contributed by atoms with E-state index in [1.165, 1.54) is 0 Å². The van der Waals surface area contributed by atoms with Gasteiger partial charge in [0, 0.05) is 12.3 Å². The Hall–Kier alpha value is -2.25. The number of sulfone groups is 1. The van der Waals surface area contributed by atoms with Crippen LogP contribution in [0.5, 0.6) is 0 Å². The summed E-state index contributed by atoms with van der Waals surface area (Å²) in [5.74, 6) is 0.182. The third kappa shape index (κ3) is 5.12. The number of hydrogen-bond donors (Lipinski definition) is 1. The lowest BCUT2D eigenvalue weighted by molar-refractivity contribution is 0.465. The average Bonchev–Trinajstić information content (AvgIpc) is 3.00. The molecule has 0 saturated heterocycles. The zero-order valence-electron chi connectivity index (χ0n) is 14.4. The van der Waals surface area contributed by atoms with Gasteiger partial charge in [-0.1, -0.05) is 60.2 Å². The van der Waals surface area contributed by atoms with E-state index in [9.17, 15) is 8.42 Å². The molecule has 26 heavy (non-hydrogen) atoms. The molecule has 0 aliphatic carbocycles. The Morgan fingerprint density at radius 1 is 1.12 bits per heavy atom. The maximum atomic E-state index is 12.8. The summed E-state index contributed by atoms with van der Waals surface area (Å²) in [6.07, 6.45) is 0.365. The van der Waals surface area contributed by atoms with Gasteiger partial charge in [0.15, 0.2) is 9.84 Å². The molecule has 1 heterocycles. The van der Waals surface area contributed by atoms with E-state index in [1.54, 1.807) is 0 Å². The molecule has 3 aromatic rings. The Bertz CT molecular complexity index is 1010. The van der Waals surface area contributed by atoms with Gasteiger partial charge in [0.05, 0.1) is 11.5 Å². The summed E-state index contributed by atoms with van der Waals surface area (Å²) in [6, 6.07) is 17.1. The highest BCUT2D eigenvalue weighted by molar-refractivity contribution is 7.90. The molecule has 0 saturated carbocycles. The lowest BCUT2D eigenvalue weighted by atomic mass is 9.97. The molecule has 1 N–H and O–H groups in total. The smallest absolute Gasteiger partial charge is 0.284 e. The zero-order chi connectivity index (χ0) is 18.6. The summed E-state index contributed by atoms with van der Waals surface area (Å²) in [7, 11) is -3.31. The lowest BCUT2D eigenvalue weighted by Gasteiger charge is -2.16. The van der Waals surface area contributed by atoms with E-state index >= 15 is 0 Å². The molecule has 5 nitrogen and oxygen atoms in total. The third-order valence-corrected chi connectivity index (χ3v) is 5.99. The Morgan fingerprint density at radius 2 is 1.81 bits per heavy atom. The summed E-state index contributed by atoms with van der Waals surface area (Å²) in [5.41, 5.74) is 2.85. The fourth-order valence-corrected chi connectivity index (χ4v) is 4.75. The summed E-state index contributed by atoms with van der Waals surface area (Å²) in [5, 5.41) is 6.61. The summed E-state index contributed by atoms with van der Waals surface area (Å²) >= 11 is 4.91. The Morgan fingerprint density at radius 3 is 2.42 bits per heavy atom. The minimum Gasteiger partial charge on any atom is -0.414 e. The van der Waals surface area contributed by atoms with Gasteiger partial charge in [-0.25, -0.2) is 13.5 Å². The van der Waals surface area contributed by atoms with Crippen LogP contribution in [0, 0.1) is 11.8 Å². The van der Waals surface area contributed by atoms with E-state index in [4.69, 9.17) is 16.6 Å². The van der Waals surface area contributed by atoms with Gasteiger partial charge >= 0.3 is 0 Å². The van der Waals surface area contributed by atoms with Crippen molar-refractivity contribution in [2.75, 3.05) is 5.75 Å². The molecule has 7 heteroatoms. The number of hydrogen-bond acceptors (Lipinski definition) is 5. The first-order valence-electron chi connectivity index (χ1n) is 8.26. The van der Waals surface area contributed by atoms with Gasteiger partial charge in [-0.05, 0) is 30.3 Å². The Labute approximate surface area is 158 Å². The highest BCUT2D eigenvalue weighted by Crippen LogP contribution is 2.24. The zero-order valence-corrected chi connectivity index (χ0v) is 16.0. The van der Waals surface area contributed by atoms with Crippen molar-refractivity contribution < 1.29 is 12.8 Å². The minimum absolute atomic E-state index is 0.0140. The first-order valence-corrected chi connectivity index (χ1v) is 10.5. The summed E-state index contributed by atoms with van der Waals surface area (Å²) in [4.78, 5) is 0.190. The van der Waals surface area contributed by atoms with E-state index < -0.39 is 9.84 Å². The standard InChI is InChI=1S/C19H20N2O3S2/c1-14-7-9-16(10-8-14)17(11-18-20-21-19(25)24-18)13-26(22,23)12-15-5-3-2-4-6-15/h2-10,17H,11-13H2,1H3,(H,21,25). The van der Waals surface area contributed by atoms with Crippen LogP contribution in [0.1, 0.15) is 28.5 Å². The van der Waals surface area contributed by atoms with Crippen molar-refractivity contribution in [2.45, 2.75) is 25.0 Å². The highest BCUT2D eigenvalue weighted by Gasteiger charge is 2.23. The molecule has 3 rings (SSSR count). The van der Waals surface area contributed by atoms with Crippen LogP contribution in [0.15, 0.2) is 59.0 Å². The Balaban J connectivity index is 1.84. The molecule has 1 aromatic heterocycles. The minimum atomic E-state index is -3.31. The lowest BCUT2D eigenvalue weighted by Crippen LogP contribution is -2.18. The average molecular weight is 389 g/mol. The van der Waals surface area contributed by atoms with Crippen LogP contribution in [0.3, 0.4) is 0 Å². The first kappa shape index (κ1) is 18.5. The highest BCUT2D eigenvalue weighted by atomic mass is 32.2. The molecule has 2 aromatic carbocycles. The number of aromatic nitrogens is 2. The van der Waals surface area contributed by atoms with Gasteiger partial charge in [-0.15, -0.1) is 5.10 Å². The molecule has 0 spiro atoms. The number of nitrogens with one attached hydrogen (secondary N) is 1. The second-order valence-corrected chi connectivity index (χ2v) is 8.84. The van der Waals surface area contributed by atoms with Crippen LogP contribution in [-0.4, -0.2) is 24.4 Å². The molecule has 0 amide bonds. The van der Waals surface area contributed by atoms with Crippen LogP contribution < -0.4 is 0 Å². The summed E-state index contributed by atoms with van der Waals surface area (Å²) in [6.45, 7) is 2.00. The van der Waals surface area contributed by atoms with Crippen LogP contribution in [0.25, 0.3) is 0 Å². The van der Waals surface area contributed by atoms with Gasteiger partial charge in [0.2, 0.25) is 5.89 Å². The van der Waals surface area contributed by atoms with Gasteiger partial charge < -0.3 is 4.42 Å². The number of rotatable bonds is 7. The number of H-pyrrole nitrogens is 1. The van der Waals surface area contributed by atoms with Crippen LogP contribution >= 0.6 is 12.2 Å². The second-order valence-electron chi connectivity index (χ2n) is 6.36. The third-order valence-electron chi connectivity index (χ3n) is 4.14. The quantitative estimate of drug-likeness (QED) is 0.620. The number of aromatic amines is 1. The molecule has 1 atom stereocenters. The van der Waals surface area contributed by atoms with Crippen LogP contribution in [0.2, 0.25) is 0 Å². The van der Waals surface area contributed by atoms with Crippen molar-refractivity contribution in [2.24, 2.45) is 0 Å². The van der Waals surface area contributed by atoms with Crippen molar-refractivity contribution in [3.05, 3.63) is 82.0 Å². The maximum absolute atomic E-state index is 12.8. The topological polar surface area (TPSA) is 76.0 Å². The fourth-order valence-electron chi connectivity index (χ4n) is 2.86. The monoisotopic (exact) mass is 388 g/mol. The van der Waals surface area contributed by atoms with Crippen molar-refractivity contribution in [3.63, 3.8) is 0 Å². The number of benzene rings is 2. The van der Waals surface area contributed by atoms with Crippen LogP contribution in [-0.2, 0) is 22.0 Å².